The highest BCUT2D eigenvalue weighted by Gasteiger charge is 2.34. The summed E-state index contributed by atoms with van der Waals surface area (Å²) in [5.74, 6) is -0.206. The Morgan fingerprint density at radius 2 is 1.95 bits per heavy atom. The van der Waals surface area contributed by atoms with Crippen LogP contribution in [0.15, 0.2) is 24.3 Å². The van der Waals surface area contributed by atoms with E-state index in [4.69, 9.17) is 11.5 Å². The second-order valence-corrected chi connectivity index (χ2v) is 4.92. The van der Waals surface area contributed by atoms with E-state index < -0.39 is 12.0 Å². The van der Waals surface area contributed by atoms with E-state index in [1.807, 2.05) is 24.3 Å². The molecule has 5 N–H and O–H groups in total. The number of benzene rings is 1. The van der Waals surface area contributed by atoms with Crippen molar-refractivity contribution in [3.8, 4) is 0 Å². The van der Waals surface area contributed by atoms with Gasteiger partial charge in [-0.1, -0.05) is 12.1 Å². The average molecular weight is 273 g/mol. The number of carboxylic acids is 1. The molecule has 0 fully saturated rings. The summed E-state index contributed by atoms with van der Waals surface area (Å²) in [5.41, 5.74) is 13.0. The van der Waals surface area contributed by atoms with E-state index in [1.165, 1.54) is 4.68 Å². The molecule has 0 saturated carbocycles. The van der Waals surface area contributed by atoms with Gasteiger partial charge in [0.1, 0.15) is 5.82 Å². The van der Waals surface area contributed by atoms with Crippen LogP contribution in [0.3, 0.4) is 0 Å². The number of fused-ring (bicyclic) bond motifs is 1. The molecule has 3 rings (SSSR count). The summed E-state index contributed by atoms with van der Waals surface area (Å²) in [5, 5.41) is 13.3. The summed E-state index contributed by atoms with van der Waals surface area (Å²) in [6.45, 7) is 0. The van der Waals surface area contributed by atoms with Crippen LogP contribution >= 0.6 is 0 Å². The number of anilines is 2. The first-order chi connectivity index (χ1) is 9.56. The lowest BCUT2D eigenvalue weighted by molar-refractivity contribution is -0.141. The third-order valence-electron chi connectivity index (χ3n) is 3.63. The lowest BCUT2D eigenvalue weighted by Crippen LogP contribution is -2.28. The van der Waals surface area contributed by atoms with Gasteiger partial charge < -0.3 is 16.6 Å². The molecule has 0 amide bonds. The van der Waals surface area contributed by atoms with E-state index in [-0.39, 0.29) is 11.9 Å². The van der Waals surface area contributed by atoms with Crippen molar-refractivity contribution in [1.29, 1.82) is 0 Å². The van der Waals surface area contributed by atoms with Crippen molar-refractivity contribution in [2.45, 2.75) is 24.8 Å². The van der Waals surface area contributed by atoms with Crippen molar-refractivity contribution >= 4 is 17.6 Å². The number of nitrogens with zero attached hydrogens (tertiary/aromatic N) is 3. The van der Waals surface area contributed by atoms with Gasteiger partial charge in [-0.2, -0.15) is 4.98 Å². The number of carbonyl (C=O) groups is 1. The zero-order chi connectivity index (χ0) is 14.3. The topological polar surface area (TPSA) is 120 Å². The molecule has 2 atom stereocenters. The molecule has 0 bridgehead atoms. The van der Waals surface area contributed by atoms with E-state index in [1.54, 1.807) is 0 Å². The molecular weight excluding hydrogens is 258 g/mol. The molecule has 2 unspecified atom stereocenters. The molecule has 1 aromatic heterocycles. The van der Waals surface area contributed by atoms with E-state index in [9.17, 15) is 9.90 Å². The molecule has 1 aliphatic heterocycles. The minimum Gasteiger partial charge on any atom is -0.480 e. The summed E-state index contributed by atoms with van der Waals surface area (Å²) >= 11 is 0. The van der Waals surface area contributed by atoms with E-state index in [0.717, 1.165) is 5.56 Å². The van der Waals surface area contributed by atoms with Gasteiger partial charge in [-0.25, -0.2) is 9.48 Å². The van der Waals surface area contributed by atoms with Crippen molar-refractivity contribution < 1.29 is 9.90 Å². The summed E-state index contributed by atoms with van der Waals surface area (Å²) in [6, 6.07) is 6.80. The fourth-order valence-electron chi connectivity index (χ4n) is 2.67. The predicted octanol–water partition coefficient (Wildman–Crippen LogP) is 0.994. The third-order valence-corrected chi connectivity index (χ3v) is 3.63. The molecule has 104 valence electrons. The van der Waals surface area contributed by atoms with Gasteiger partial charge in [-0.15, -0.1) is 5.10 Å². The van der Waals surface area contributed by atoms with Crippen LogP contribution in [0.4, 0.5) is 11.6 Å². The quantitative estimate of drug-likeness (QED) is 0.702. The van der Waals surface area contributed by atoms with Crippen molar-refractivity contribution in [2.24, 2.45) is 0 Å². The maximum Gasteiger partial charge on any atom is 0.328 e. The molecule has 7 heteroatoms. The number of hydrogen-bond donors (Lipinski definition) is 3. The zero-order valence-corrected chi connectivity index (χ0v) is 10.7. The Morgan fingerprint density at radius 1 is 1.25 bits per heavy atom. The van der Waals surface area contributed by atoms with Crippen LogP contribution in [-0.4, -0.2) is 25.8 Å². The van der Waals surface area contributed by atoms with Crippen LogP contribution in [0.2, 0.25) is 0 Å². The molecule has 2 heterocycles. The van der Waals surface area contributed by atoms with Crippen LogP contribution in [0.1, 0.15) is 36.2 Å². The molecule has 20 heavy (non-hydrogen) atoms. The van der Waals surface area contributed by atoms with Crippen molar-refractivity contribution in [3.63, 3.8) is 0 Å². The van der Waals surface area contributed by atoms with Gasteiger partial charge in [0.25, 0.3) is 0 Å². The normalized spacial score (nSPS) is 21.4. The Hall–Kier alpha value is -2.57. The monoisotopic (exact) mass is 273 g/mol. The predicted molar refractivity (Wildman–Crippen MR) is 73.0 cm³/mol. The summed E-state index contributed by atoms with van der Waals surface area (Å²) in [7, 11) is 0. The molecular formula is C13H15N5O2. The molecule has 2 aromatic rings. The number of rotatable bonds is 2. The van der Waals surface area contributed by atoms with E-state index in [2.05, 4.69) is 10.1 Å². The third kappa shape index (κ3) is 1.97. The van der Waals surface area contributed by atoms with Gasteiger partial charge in [0.05, 0.1) is 0 Å². The number of nitrogen functional groups attached to an aromatic ring is 2. The summed E-state index contributed by atoms with van der Waals surface area (Å²) in [6.07, 6.45) is 1.19. The van der Waals surface area contributed by atoms with Gasteiger partial charge in [0.15, 0.2) is 6.04 Å². The highest BCUT2D eigenvalue weighted by molar-refractivity contribution is 5.72. The van der Waals surface area contributed by atoms with Crippen LogP contribution in [0.25, 0.3) is 0 Å². The largest absolute Gasteiger partial charge is 0.480 e. The SMILES string of the molecule is Nc1ccc(C2CCC(C(=O)O)n3nc(N)nc32)cc1. The highest BCUT2D eigenvalue weighted by Crippen LogP contribution is 2.37. The van der Waals surface area contributed by atoms with Crippen LogP contribution in [0.5, 0.6) is 0 Å². The first kappa shape index (κ1) is 12.5. The lowest BCUT2D eigenvalue weighted by Gasteiger charge is -2.26. The van der Waals surface area contributed by atoms with Crippen LogP contribution in [-0.2, 0) is 4.79 Å². The van der Waals surface area contributed by atoms with Crippen molar-refractivity contribution in [2.75, 3.05) is 11.5 Å². The van der Waals surface area contributed by atoms with Crippen molar-refractivity contribution in [1.82, 2.24) is 14.8 Å². The lowest BCUT2D eigenvalue weighted by atomic mass is 9.88. The maximum absolute atomic E-state index is 11.3. The first-order valence-electron chi connectivity index (χ1n) is 6.36. The maximum atomic E-state index is 11.3. The average Bonchev–Trinajstić information content (AvgIpc) is 2.79. The molecule has 0 radical (unpaired) electrons. The van der Waals surface area contributed by atoms with Gasteiger partial charge in [-0.3, -0.25) is 0 Å². The summed E-state index contributed by atoms with van der Waals surface area (Å²) < 4.78 is 1.43. The smallest absolute Gasteiger partial charge is 0.328 e. The number of aromatic nitrogens is 3. The van der Waals surface area contributed by atoms with Gasteiger partial charge >= 0.3 is 5.97 Å². The van der Waals surface area contributed by atoms with Crippen molar-refractivity contribution in [3.05, 3.63) is 35.7 Å². The molecule has 0 spiro atoms. The number of nitrogens with two attached hydrogens (primary N) is 2. The minimum atomic E-state index is -0.910. The van der Waals surface area contributed by atoms with Crippen LogP contribution < -0.4 is 11.5 Å². The zero-order valence-electron chi connectivity index (χ0n) is 10.7. The number of hydrogen-bond acceptors (Lipinski definition) is 5. The number of carboxylic acid groups (broad SMARTS) is 1. The van der Waals surface area contributed by atoms with E-state index >= 15 is 0 Å². The van der Waals surface area contributed by atoms with Crippen LogP contribution in [0, 0.1) is 0 Å². The number of aliphatic carboxylic acids is 1. The first-order valence-corrected chi connectivity index (χ1v) is 6.36. The molecule has 1 aromatic carbocycles. The second kappa shape index (κ2) is 4.52. The fraction of sp³-hybridized carbons (Fsp3) is 0.308. The van der Waals surface area contributed by atoms with Gasteiger partial charge in [0.2, 0.25) is 5.95 Å². The molecule has 0 saturated heterocycles. The molecule has 1 aliphatic rings. The standard InChI is InChI=1S/C13H15N5O2/c14-8-3-1-7(2-4-8)9-5-6-10(12(19)20)18-11(9)16-13(15)17-18/h1-4,9-10H,5-6,14H2,(H2,15,17)(H,19,20). The Bertz CT molecular complexity index is 649. The van der Waals surface area contributed by atoms with Gasteiger partial charge in [0, 0.05) is 11.6 Å². The Balaban J connectivity index is 2.04. The Morgan fingerprint density at radius 3 is 2.60 bits per heavy atom. The molecule has 0 aliphatic carbocycles. The summed E-state index contributed by atoms with van der Waals surface area (Å²) in [4.78, 5) is 15.5. The second-order valence-electron chi connectivity index (χ2n) is 4.92. The highest BCUT2D eigenvalue weighted by atomic mass is 16.4. The van der Waals surface area contributed by atoms with E-state index in [0.29, 0.717) is 24.4 Å². The Labute approximate surface area is 115 Å². The van der Waals surface area contributed by atoms with Gasteiger partial charge in [-0.05, 0) is 30.5 Å². The molecule has 7 nitrogen and oxygen atoms in total. The fourth-order valence-corrected chi connectivity index (χ4v) is 2.67. The Kier molecular flexibility index (Phi) is 2.81. The minimum absolute atomic E-state index is 0.00370.